The molecule has 0 aliphatic carbocycles. The lowest BCUT2D eigenvalue weighted by Gasteiger charge is -2.09. The molecule has 0 fully saturated rings. The fourth-order valence-electron chi connectivity index (χ4n) is 2.08. The number of nitrogens with one attached hydrogen (secondary N) is 2. The van der Waals surface area contributed by atoms with Gasteiger partial charge in [-0.3, -0.25) is 9.59 Å². The Morgan fingerprint density at radius 1 is 1.10 bits per heavy atom. The number of rotatable bonds is 9. The molecule has 0 saturated carbocycles. The van der Waals surface area contributed by atoms with Gasteiger partial charge in [-0.1, -0.05) is 11.6 Å². The van der Waals surface area contributed by atoms with Gasteiger partial charge in [0.1, 0.15) is 11.6 Å². The largest absolute Gasteiger partial charge is 0.574 e. The van der Waals surface area contributed by atoms with Gasteiger partial charge in [0.05, 0.1) is 10.6 Å². The van der Waals surface area contributed by atoms with Crippen LogP contribution >= 0.6 is 11.6 Å². The van der Waals surface area contributed by atoms with Crippen LogP contribution in [0.15, 0.2) is 36.5 Å². The van der Waals surface area contributed by atoms with E-state index in [4.69, 9.17) is 16.3 Å². The van der Waals surface area contributed by atoms with Gasteiger partial charge in [-0.15, -0.1) is 13.2 Å². The minimum absolute atomic E-state index is 0.0529. The molecule has 0 bridgehead atoms. The quantitative estimate of drug-likeness (QED) is 0.453. The van der Waals surface area contributed by atoms with E-state index in [2.05, 4.69) is 20.4 Å². The Balaban J connectivity index is 1.63. The summed E-state index contributed by atoms with van der Waals surface area (Å²) in [6.07, 6.45) is -3.53. The van der Waals surface area contributed by atoms with Gasteiger partial charge in [0.2, 0.25) is 5.88 Å². The highest BCUT2D eigenvalue weighted by Crippen LogP contribution is 2.21. The predicted octanol–water partition coefficient (Wildman–Crippen LogP) is 3.09. The maximum Gasteiger partial charge on any atom is 0.574 e. The summed E-state index contributed by atoms with van der Waals surface area (Å²) in [5.41, 5.74) is 0.0529. The van der Waals surface area contributed by atoms with Crippen molar-refractivity contribution in [1.29, 1.82) is 0 Å². The highest BCUT2D eigenvalue weighted by molar-refractivity contribution is 6.30. The Kier molecular flexibility index (Phi) is 8.22. The van der Waals surface area contributed by atoms with Crippen molar-refractivity contribution < 1.29 is 36.6 Å². The first-order chi connectivity index (χ1) is 14.1. The normalized spacial score (nSPS) is 11.0. The van der Waals surface area contributed by atoms with Gasteiger partial charge in [0.15, 0.2) is 6.61 Å². The van der Waals surface area contributed by atoms with E-state index < -0.39 is 29.9 Å². The molecule has 30 heavy (non-hydrogen) atoms. The molecule has 7 nitrogen and oxygen atoms in total. The van der Waals surface area contributed by atoms with Crippen LogP contribution in [-0.2, 0) is 4.79 Å². The molecule has 0 saturated heterocycles. The average Bonchev–Trinajstić information content (AvgIpc) is 2.68. The fourth-order valence-corrected chi connectivity index (χ4v) is 2.20. The SMILES string of the molecule is O=C(COc1ccc(Cl)c(F)c1)NCCCNC(=O)c1ccc(OC(F)(F)F)nc1. The van der Waals surface area contributed by atoms with Crippen LogP contribution in [-0.4, -0.2) is 42.9 Å². The maximum atomic E-state index is 13.3. The third-order valence-electron chi connectivity index (χ3n) is 3.44. The van der Waals surface area contributed by atoms with E-state index in [1.54, 1.807) is 0 Å². The maximum absolute atomic E-state index is 13.3. The minimum atomic E-state index is -4.86. The van der Waals surface area contributed by atoms with Crippen molar-refractivity contribution in [3.05, 3.63) is 52.9 Å². The lowest BCUT2D eigenvalue weighted by molar-refractivity contribution is -0.276. The number of carbonyl (C=O) groups excluding carboxylic acids is 2. The zero-order valence-electron chi connectivity index (χ0n) is 15.3. The molecular weight excluding hydrogens is 434 g/mol. The average molecular weight is 450 g/mol. The Morgan fingerprint density at radius 2 is 1.83 bits per heavy atom. The van der Waals surface area contributed by atoms with Crippen LogP contribution in [0.5, 0.6) is 11.6 Å². The van der Waals surface area contributed by atoms with Gasteiger partial charge in [-0.25, -0.2) is 9.37 Å². The Labute approximate surface area is 173 Å². The lowest BCUT2D eigenvalue weighted by Crippen LogP contribution is -2.32. The number of hydrogen-bond donors (Lipinski definition) is 2. The van der Waals surface area contributed by atoms with Crippen LogP contribution in [0.25, 0.3) is 0 Å². The van der Waals surface area contributed by atoms with E-state index >= 15 is 0 Å². The molecule has 12 heteroatoms. The van der Waals surface area contributed by atoms with Crippen molar-refractivity contribution in [2.75, 3.05) is 19.7 Å². The van der Waals surface area contributed by atoms with E-state index in [0.717, 1.165) is 24.4 Å². The van der Waals surface area contributed by atoms with Gasteiger partial charge in [-0.05, 0) is 24.6 Å². The topological polar surface area (TPSA) is 89.6 Å². The first-order valence-corrected chi connectivity index (χ1v) is 8.86. The van der Waals surface area contributed by atoms with Crippen LogP contribution in [0.3, 0.4) is 0 Å². The van der Waals surface area contributed by atoms with Gasteiger partial charge in [0, 0.05) is 31.4 Å². The zero-order valence-corrected chi connectivity index (χ0v) is 16.0. The standard InChI is InChI=1S/C18H16ClF4N3O4/c19-13-4-3-12(8-14(13)20)29-10-15(27)24-6-1-7-25-17(28)11-2-5-16(26-9-11)30-18(21,22)23/h2-5,8-9H,1,6-7,10H2,(H,24,27)(H,25,28). The van der Waals surface area contributed by atoms with Crippen molar-refractivity contribution in [3.8, 4) is 11.6 Å². The van der Waals surface area contributed by atoms with Gasteiger partial charge >= 0.3 is 6.36 Å². The molecule has 2 amide bonds. The van der Waals surface area contributed by atoms with Crippen LogP contribution < -0.4 is 20.1 Å². The van der Waals surface area contributed by atoms with Crippen molar-refractivity contribution >= 4 is 23.4 Å². The number of benzene rings is 1. The third-order valence-corrected chi connectivity index (χ3v) is 3.75. The van der Waals surface area contributed by atoms with E-state index in [1.165, 1.54) is 12.1 Å². The predicted molar refractivity (Wildman–Crippen MR) is 97.8 cm³/mol. The second kappa shape index (κ2) is 10.6. The number of hydrogen-bond acceptors (Lipinski definition) is 5. The van der Waals surface area contributed by atoms with Crippen LogP contribution in [0.2, 0.25) is 5.02 Å². The molecule has 0 spiro atoms. The number of halogens is 5. The van der Waals surface area contributed by atoms with Crippen LogP contribution in [0.4, 0.5) is 17.6 Å². The molecule has 2 aromatic rings. The molecule has 0 aliphatic rings. The first kappa shape index (κ1) is 23.2. The van der Waals surface area contributed by atoms with E-state index in [1.807, 2.05) is 0 Å². The zero-order chi connectivity index (χ0) is 22.1. The van der Waals surface area contributed by atoms with Gasteiger partial charge in [0.25, 0.3) is 11.8 Å². The number of ether oxygens (including phenoxy) is 2. The molecule has 0 unspecified atom stereocenters. The number of pyridine rings is 1. The van der Waals surface area contributed by atoms with Crippen LogP contribution in [0.1, 0.15) is 16.8 Å². The molecule has 1 heterocycles. The van der Waals surface area contributed by atoms with Gasteiger partial charge in [-0.2, -0.15) is 0 Å². The summed E-state index contributed by atoms with van der Waals surface area (Å²) < 4.78 is 58.2. The summed E-state index contributed by atoms with van der Waals surface area (Å²) in [7, 11) is 0. The van der Waals surface area contributed by atoms with E-state index in [-0.39, 0.29) is 36.0 Å². The third kappa shape index (κ3) is 8.11. The highest BCUT2D eigenvalue weighted by Gasteiger charge is 2.31. The molecule has 1 aromatic heterocycles. The second-order valence-corrected chi connectivity index (χ2v) is 6.16. The number of alkyl halides is 3. The van der Waals surface area contributed by atoms with Crippen molar-refractivity contribution in [3.63, 3.8) is 0 Å². The van der Waals surface area contributed by atoms with Crippen molar-refractivity contribution in [2.45, 2.75) is 12.8 Å². The second-order valence-electron chi connectivity index (χ2n) is 5.76. The summed E-state index contributed by atoms with van der Waals surface area (Å²) in [5, 5.41) is 5.02. The number of aromatic nitrogens is 1. The monoisotopic (exact) mass is 449 g/mol. The number of carbonyl (C=O) groups is 2. The van der Waals surface area contributed by atoms with Gasteiger partial charge < -0.3 is 20.1 Å². The van der Waals surface area contributed by atoms with E-state index in [9.17, 15) is 27.2 Å². The van der Waals surface area contributed by atoms with E-state index in [0.29, 0.717) is 6.42 Å². The molecule has 1 aromatic carbocycles. The Hall–Kier alpha value is -3.08. The number of nitrogens with zero attached hydrogens (tertiary/aromatic N) is 1. The smallest absolute Gasteiger partial charge is 0.484 e. The molecule has 2 N–H and O–H groups in total. The Bertz CT molecular complexity index is 879. The summed E-state index contributed by atoms with van der Waals surface area (Å²) in [6, 6.07) is 5.85. The summed E-state index contributed by atoms with van der Waals surface area (Å²) in [5.74, 6) is -2.17. The first-order valence-electron chi connectivity index (χ1n) is 8.48. The molecular formula is C18H16ClF4N3O4. The Morgan fingerprint density at radius 3 is 2.47 bits per heavy atom. The highest BCUT2D eigenvalue weighted by atomic mass is 35.5. The summed E-state index contributed by atoms with van der Waals surface area (Å²) >= 11 is 5.54. The van der Waals surface area contributed by atoms with Crippen molar-refractivity contribution in [1.82, 2.24) is 15.6 Å². The molecule has 162 valence electrons. The van der Waals surface area contributed by atoms with Crippen molar-refractivity contribution in [2.24, 2.45) is 0 Å². The summed E-state index contributed by atoms with van der Waals surface area (Å²) in [4.78, 5) is 27.0. The molecule has 0 atom stereocenters. The molecule has 2 rings (SSSR count). The summed E-state index contributed by atoms with van der Waals surface area (Å²) in [6.45, 7) is 0.0999. The molecule has 0 aliphatic heterocycles. The van der Waals surface area contributed by atoms with Crippen LogP contribution in [0, 0.1) is 5.82 Å². The number of amides is 2. The lowest BCUT2D eigenvalue weighted by atomic mass is 10.2. The fraction of sp³-hybridized carbons (Fsp3) is 0.278. The minimum Gasteiger partial charge on any atom is -0.484 e. The molecule has 0 radical (unpaired) electrons.